The summed E-state index contributed by atoms with van der Waals surface area (Å²) in [5.74, 6) is 1.86. The zero-order chi connectivity index (χ0) is 17.4. The number of ether oxygens (including phenoxy) is 1. The molecule has 6 nitrogen and oxygen atoms in total. The van der Waals surface area contributed by atoms with Crippen LogP contribution in [0.4, 0.5) is 5.69 Å². The lowest BCUT2D eigenvalue weighted by atomic mass is 9.68. The van der Waals surface area contributed by atoms with Crippen molar-refractivity contribution in [3.63, 3.8) is 0 Å². The van der Waals surface area contributed by atoms with E-state index in [4.69, 9.17) is 9.26 Å². The van der Waals surface area contributed by atoms with Crippen molar-refractivity contribution in [3.05, 3.63) is 29.6 Å². The Labute approximate surface area is 147 Å². The Balaban J connectivity index is 1.50. The van der Waals surface area contributed by atoms with E-state index < -0.39 is 0 Å². The molecule has 2 aliphatic rings. The molecule has 0 unspecified atom stereocenters. The second-order valence-corrected chi connectivity index (χ2v) is 7.28. The second kappa shape index (κ2) is 6.26. The third-order valence-corrected chi connectivity index (χ3v) is 5.32. The maximum Gasteiger partial charge on any atom is 0.257 e. The third-order valence-electron chi connectivity index (χ3n) is 5.32. The highest BCUT2D eigenvalue weighted by atomic mass is 16.5. The number of rotatable bonds is 6. The molecule has 0 atom stereocenters. The molecule has 0 radical (unpaired) electrons. The molecule has 2 aliphatic carbocycles. The maximum atomic E-state index is 12.7. The summed E-state index contributed by atoms with van der Waals surface area (Å²) in [6.07, 6.45) is 5.14. The Morgan fingerprint density at radius 2 is 2.20 bits per heavy atom. The monoisotopic (exact) mass is 341 g/mol. The maximum absolute atomic E-state index is 12.7. The largest absolute Gasteiger partial charge is 0.384 e. The van der Waals surface area contributed by atoms with E-state index in [9.17, 15) is 4.79 Å². The molecule has 1 heterocycles. The van der Waals surface area contributed by atoms with Gasteiger partial charge in [-0.25, -0.2) is 0 Å². The number of hydrogen-bond acceptors (Lipinski definition) is 5. The van der Waals surface area contributed by atoms with Crippen molar-refractivity contribution in [3.8, 4) is 11.5 Å². The first-order valence-electron chi connectivity index (χ1n) is 8.86. The fourth-order valence-electron chi connectivity index (χ4n) is 3.37. The van der Waals surface area contributed by atoms with E-state index in [1.54, 1.807) is 7.11 Å². The van der Waals surface area contributed by atoms with E-state index in [0.717, 1.165) is 54.7 Å². The minimum Gasteiger partial charge on any atom is -0.384 e. The van der Waals surface area contributed by atoms with Gasteiger partial charge >= 0.3 is 0 Å². The van der Waals surface area contributed by atoms with Gasteiger partial charge in [0.25, 0.3) is 5.89 Å². The molecule has 1 amide bonds. The van der Waals surface area contributed by atoms with Crippen molar-refractivity contribution in [1.82, 2.24) is 10.1 Å². The van der Waals surface area contributed by atoms with E-state index in [-0.39, 0.29) is 11.3 Å². The molecule has 0 aliphatic heterocycles. The van der Waals surface area contributed by atoms with Gasteiger partial charge < -0.3 is 14.6 Å². The quantitative estimate of drug-likeness (QED) is 0.867. The Morgan fingerprint density at radius 3 is 2.80 bits per heavy atom. The standard InChI is InChI=1S/C19H23N3O3/c1-12-10-14(17-21-16(22-25-17)13-4-5-13)6-7-15(12)20-18(23)19(11-24-2)8-3-9-19/h6-7,10,13H,3-5,8-9,11H2,1-2H3,(H,20,23). The predicted octanol–water partition coefficient (Wildman–Crippen LogP) is 3.68. The van der Waals surface area contributed by atoms with Crippen LogP contribution < -0.4 is 5.32 Å². The van der Waals surface area contributed by atoms with Gasteiger partial charge in [0.2, 0.25) is 5.91 Å². The Morgan fingerprint density at radius 1 is 1.40 bits per heavy atom. The number of nitrogens with one attached hydrogen (secondary N) is 1. The van der Waals surface area contributed by atoms with E-state index in [2.05, 4.69) is 15.5 Å². The summed E-state index contributed by atoms with van der Waals surface area (Å²) in [5, 5.41) is 7.12. The Kier molecular flexibility index (Phi) is 4.07. The van der Waals surface area contributed by atoms with Gasteiger partial charge in [0.05, 0.1) is 12.0 Å². The van der Waals surface area contributed by atoms with Crippen LogP contribution >= 0.6 is 0 Å². The second-order valence-electron chi connectivity index (χ2n) is 7.28. The van der Waals surface area contributed by atoms with E-state index in [1.165, 1.54) is 0 Å². The van der Waals surface area contributed by atoms with E-state index in [1.807, 2.05) is 25.1 Å². The van der Waals surface area contributed by atoms with E-state index in [0.29, 0.717) is 18.4 Å². The van der Waals surface area contributed by atoms with Gasteiger partial charge in [-0.05, 0) is 56.4 Å². The summed E-state index contributed by atoms with van der Waals surface area (Å²) in [7, 11) is 1.65. The van der Waals surface area contributed by atoms with Crippen LogP contribution in [0.2, 0.25) is 0 Å². The van der Waals surface area contributed by atoms with Crippen molar-refractivity contribution in [2.24, 2.45) is 5.41 Å². The van der Waals surface area contributed by atoms with Crippen LogP contribution in [-0.2, 0) is 9.53 Å². The van der Waals surface area contributed by atoms with E-state index >= 15 is 0 Å². The lowest BCUT2D eigenvalue weighted by Crippen LogP contribution is -2.45. The molecular formula is C19H23N3O3. The summed E-state index contributed by atoms with van der Waals surface area (Å²) >= 11 is 0. The Bertz CT molecular complexity index is 791. The highest BCUT2D eigenvalue weighted by molar-refractivity contribution is 5.96. The fourth-order valence-corrected chi connectivity index (χ4v) is 3.37. The van der Waals surface area contributed by atoms with Gasteiger partial charge in [-0.3, -0.25) is 4.79 Å². The molecule has 1 N–H and O–H groups in total. The van der Waals surface area contributed by atoms with Gasteiger partial charge in [-0.15, -0.1) is 0 Å². The molecule has 2 saturated carbocycles. The van der Waals surface area contributed by atoms with Crippen molar-refractivity contribution in [1.29, 1.82) is 0 Å². The molecule has 0 spiro atoms. The zero-order valence-corrected chi connectivity index (χ0v) is 14.7. The number of carbonyl (C=O) groups is 1. The molecule has 2 aromatic rings. The number of aryl methyl sites for hydroxylation is 1. The lowest BCUT2D eigenvalue weighted by molar-refractivity contribution is -0.134. The van der Waals surface area contributed by atoms with Crippen molar-refractivity contribution in [2.75, 3.05) is 19.0 Å². The average molecular weight is 341 g/mol. The molecule has 132 valence electrons. The van der Waals surface area contributed by atoms with Crippen molar-refractivity contribution < 1.29 is 14.1 Å². The number of benzene rings is 1. The summed E-state index contributed by atoms with van der Waals surface area (Å²) in [6.45, 7) is 2.45. The summed E-state index contributed by atoms with van der Waals surface area (Å²) in [4.78, 5) is 17.1. The third kappa shape index (κ3) is 3.06. The molecule has 1 aromatic carbocycles. The number of methoxy groups -OCH3 is 1. The normalized spacial score (nSPS) is 18.6. The number of aromatic nitrogens is 2. The topological polar surface area (TPSA) is 77.2 Å². The minimum atomic E-state index is -0.370. The molecule has 4 rings (SSSR count). The highest BCUT2D eigenvalue weighted by Crippen LogP contribution is 2.42. The van der Waals surface area contributed by atoms with Gasteiger partial charge in [-0.1, -0.05) is 11.6 Å². The van der Waals surface area contributed by atoms with Crippen LogP contribution in [-0.4, -0.2) is 29.8 Å². The number of nitrogens with zero attached hydrogens (tertiary/aromatic N) is 2. The number of carbonyl (C=O) groups excluding carboxylic acids is 1. The summed E-state index contributed by atoms with van der Waals surface area (Å²) in [6, 6.07) is 5.79. The number of amides is 1. The molecule has 6 heteroatoms. The van der Waals surface area contributed by atoms with Gasteiger partial charge in [-0.2, -0.15) is 4.98 Å². The minimum absolute atomic E-state index is 0.0465. The van der Waals surface area contributed by atoms with Crippen LogP contribution in [0.1, 0.15) is 49.4 Å². The first-order valence-corrected chi connectivity index (χ1v) is 8.86. The molecule has 0 saturated heterocycles. The van der Waals surface area contributed by atoms with Gasteiger partial charge in [0.15, 0.2) is 5.82 Å². The molecule has 0 bridgehead atoms. The lowest BCUT2D eigenvalue weighted by Gasteiger charge is -2.39. The average Bonchev–Trinajstić information content (AvgIpc) is 3.30. The number of hydrogen-bond donors (Lipinski definition) is 1. The van der Waals surface area contributed by atoms with Crippen LogP contribution in [0.15, 0.2) is 22.7 Å². The summed E-state index contributed by atoms with van der Waals surface area (Å²) < 4.78 is 10.6. The van der Waals surface area contributed by atoms with Crippen LogP contribution in [0.25, 0.3) is 11.5 Å². The zero-order valence-electron chi connectivity index (χ0n) is 14.7. The van der Waals surface area contributed by atoms with Gasteiger partial charge in [0.1, 0.15) is 0 Å². The van der Waals surface area contributed by atoms with Crippen LogP contribution in [0, 0.1) is 12.3 Å². The van der Waals surface area contributed by atoms with Crippen LogP contribution in [0.3, 0.4) is 0 Å². The first-order chi connectivity index (χ1) is 12.1. The molecule has 25 heavy (non-hydrogen) atoms. The Hall–Kier alpha value is -2.21. The van der Waals surface area contributed by atoms with Crippen molar-refractivity contribution >= 4 is 11.6 Å². The molecule has 1 aromatic heterocycles. The molecule has 2 fully saturated rings. The smallest absolute Gasteiger partial charge is 0.257 e. The summed E-state index contributed by atoms with van der Waals surface area (Å²) in [5.41, 5.74) is 2.30. The predicted molar refractivity (Wildman–Crippen MR) is 93.2 cm³/mol. The number of anilines is 1. The fraction of sp³-hybridized carbons (Fsp3) is 0.526. The van der Waals surface area contributed by atoms with Crippen molar-refractivity contribution in [2.45, 2.75) is 44.9 Å². The van der Waals surface area contributed by atoms with Gasteiger partial charge in [0, 0.05) is 24.3 Å². The van der Waals surface area contributed by atoms with Crippen LogP contribution in [0.5, 0.6) is 0 Å². The molecular weight excluding hydrogens is 318 g/mol. The highest BCUT2D eigenvalue weighted by Gasteiger charge is 2.44. The first kappa shape index (κ1) is 16.3. The SMILES string of the molecule is COCC1(C(=O)Nc2ccc(-c3nc(C4CC4)no3)cc2C)CCC1.